The largest absolute Gasteiger partial charge is 0.456 e. The highest BCUT2D eigenvalue weighted by atomic mass is 16.3. The van der Waals surface area contributed by atoms with Crippen molar-refractivity contribution in [2.24, 2.45) is 0 Å². The second-order valence-corrected chi connectivity index (χ2v) is 12.0. The van der Waals surface area contributed by atoms with Crippen molar-refractivity contribution in [2.45, 2.75) is 0 Å². The molecular weight excluding hydrogens is 544 g/mol. The molecule has 0 amide bonds. The quantitative estimate of drug-likeness (QED) is 0.188. The minimum Gasteiger partial charge on any atom is -0.456 e. The van der Waals surface area contributed by atoms with E-state index in [1.54, 1.807) is 0 Å². The lowest BCUT2D eigenvalue weighted by Gasteiger charge is -2.17. The Morgan fingerprint density at radius 3 is 1.29 bits per heavy atom. The SMILES string of the molecule is c1ccc(-c2ccc3c(c2)c2ccccc2c2c4ccc(-c5ccc6c(c5)oc5ccccc56)cc4c4ccccc4c32)cc1. The smallest absolute Gasteiger partial charge is 0.136 e. The van der Waals surface area contributed by atoms with Crippen molar-refractivity contribution >= 4 is 75.8 Å². The van der Waals surface area contributed by atoms with Gasteiger partial charge in [0.15, 0.2) is 0 Å². The molecule has 1 heterocycles. The van der Waals surface area contributed by atoms with Crippen molar-refractivity contribution in [3.05, 3.63) is 158 Å². The van der Waals surface area contributed by atoms with Crippen molar-refractivity contribution < 1.29 is 4.42 Å². The summed E-state index contributed by atoms with van der Waals surface area (Å²) in [6, 6.07) is 57.4. The van der Waals surface area contributed by atoms with Crippen LogP contribution in [0, 0.1) is 0 Å². The van der Waals surface area contributed by atoms with E-state index >= 15 is 0 Å². The molecule has 0 aliphatic carbocycles. The highest BCUT2D eigenvalue weighted by Crippen LogP contribution is 2.45. The third kappa shape index (κ3) is 3.56. The second-order valence-electron chi connectivity index (χ2n) is 12.0. The zero-order valence-corrected chi connectivity index (χ0v) is 24.4. The number of rotatable bonds is 2. The molecule has 0 atom stereocenters. The molecule has 1 heteroatoms. The Hall–Kier alpha value is -5.92. The first-order chi connectivity index (χ1) is 22.3. The molecule has 0 saturated carbocycles. The van der Waals surface area contributed by atoms with Gasteiger partial charge in [0.2, 0.25) is 0 Å². The molecule has 0 fully saturated rings. The van der Waals surface area contributed by atoms with E-state index in [9.17, 15) is 0 Å². The Balaban J connectivity index is 1.29. The van der Waals surface area contributed by atoms with Crippen LogP contribution in [0.1, 0.15) is 0 Å². The van der Waals surface area contributed by atoms with Crippen molar-refractivity contribution in [2.75, 3.05) is 0 Å². The summed E-state index contributed by atoms with van der Waals surface area (Å²) >= 11 is 0. The molecular formula is C44H26O. The van der Waals surface area contributed by atoms with Gasteiger partial charge in [-0.25, -0.2) is 0 Å². The molecule has 0 aliphatic rings. The maximum Gasteiger partial charge on any atom is 0.136 e. The Kier molecular flexibility index (Phi) is 5.06. The van der Waals surface area contributed by atoms with E-state index in [4.69, 9.17) is 4.42 Å². The molecule has 1 nitrogen and oxygen atoms in total. The fourth-order valence-electron chi connectivity index (χ4n) is 7.57. The maximum atomic E-state index is 6.26. The van der Waals surface area contributed by atoms with Crippen LogP contribution >= 0.6 is 0 Å². The molecule has 1 aromatic heterocycles. The van der Waals surface area contributed by atoms with Gasteiger partial charge < -0.3 is 4.42 Å². The molecule has 0 unspecified atom stereocenters. The number of furan rings is 1. The summed E-state index contributed by atoms with van der Waals surface area (Å²) < 4.78 is 6.26. The molecule has 0 aliphatic heterocycles. The number of hydrogen-bond acceptors (Lipinski definition) is 1. The lowest BCUT2D eigenvalue weighted by atomic mass is 9.85. The maximum absolute atomic E-state index is 6.26. The Labute approximate surface area is 259 Å². The fourth-order valence-corrected chi connectivity index (χ4v) is 7.57. The predicted octanol–water partition coefficient (Wildman–Crippen LogP) is 12.7. The summed E-state index contributed by atoms with van der Waals surface area (Å²) in [7, 11) is 0. The summed E-state index contributed by atoms with van der Waals surface area (Å²) in [4.78, 5) is 0. The molecule has 10 rings (SSSR count). The highest BCUT2D eigenvalue weighted by Gasteiger charge is 2.17. The molecule has 0 radical (unpaired) electrons. The van der Waals surface area contributed by atoms with Gasteiger partial charge in [-0.3, -0.25) is 0 Å². The average Bonchev–Trinajstić information content (AvgIpc) is 3.49. The van der Waals surface area contributed by atoms with Crippen LogP contribution in [0.15, 0.2) is 162 Å². The van der Waals surface area contributed by atoms with Gasteiger partial charge in [-0.2, -0.15) is 0 Å². The van der Waals surface area contributed by atoms with Gasteiger partial charge in [-0.1, -0.05) is 127 Å². The third-order valence-electron chi connectivity index (χ3n) is 9.62. The number of hydrogen-bond donors (Lipinski definition) is 0. The van der Waals surface area contributed by atoms with E-state index in [-0.39, 0.29) is 0 Å². The topological polar surface area (TPSA) is 13.1 Å². The van der Waals surface area contributed by atoms with Crippen LogP contribution in [-0.4, -0.2) is 0 Å². The number of para-hydroxylation sites is 1. The number of benzene rings is 9. The van der Waals surface area contributed by atoms with Gasteiger partial charge in [0, 0.05) is 10.8 Å². The minimum atomic E-state index is 0.921. The summed E-state index contributed by atoms with van der Waals surface area (Å²) in [5, 5.41) is 15.2. The monoisotopic (exact) mass is 570 g/mol. The lowest BCUT2D eigenvalue weighted by Crippen LogP contribution is -1.90. The molecule has 0 N–H and O–H groups in total. The Morgan fingerprint density at radius 2 is 0.667 bits per heavy atom. The summed E-state index contributed by atoms with van der Waals surface area (Å²) in [5.74, 6) is 0. The first-order valence-electron chi connectivity index (χ1n) is 15.5. The Bertz CT molecular complexity index is 2800. The van der Waals surface area contributed by atoms with E-state index in [1.165, 1.54) is 70.6 Å². The second kappa shape index (κ2) is 9.29. The lowest BCUT2D eigenvalue weighted by molar-refractivity contribution is 0.669. The van der Waals surface area contributed by atoms with Crippen LogP contribution in [0.2, 0.25) is 0 Å². The minimum absolute atomic E-state index is 0.921. The van der Waals surface area contributed by atoms with Gasteiger partial charge in [0.05, 0.1) is 0 Å². The number of fused-ring (bicyclic) bond motifs is 14. The first-order valence-corrected chi connectivity index (χ1v) is 15.5. The summed E-state index contributed by atoms with van der Waals surface area (Å²) in [6.45, 7) is 0. The van der Waals surface area contributed by atoms with E-state index in [0.717, 1.165) is 27.5 Å². The van der Waals surface area contributed by atoms with E-state index in [2.05, 4.69) is 146 Å². The Morgan fingerprint density at radius 1 is 0.244 bits per heavy atom. The molecule has 0 bridgehead atoms. The normalized spacial score (nSPS) is 12.0. The first kappa shape index (κ1) is 24.5. The molecule has 10 aromatic rings. The standard InChI is InChI=1S/C44H26O/c1-2-10-27(11-3-1)28-19-22-37-39(24-28)31-12-4-6-15-35(31)44-38-23-20-29(25-40(38)32-13-5-7-16-36(32)43(37)44)30-18-21-34-33-14-8-9-17-41(33)45-42(34)26-30/h1-26H. The van der Waals surface area contributed by atoms with Crippen LogP contribution in [0.4, 0.5) is 0 Å². The van der Waals surface area contributed by atoms with Gasteiger partial charge in [0.1, 0.15) is 11.2 Å². The van der Waals surface area contributed by atoms with E-state index < -0.39 is 0 Å². The average molecular weight is 571 g/mol. The van der Waals surface area contributed by atoms with Crippen molar-refractivity contribution in [3.8, 4) is 22.3 Å². The fraction of sp³-hybridized carbons (Fsp3) is 0. The van der Waals surface area contributed by atoms with Crippen LogP contribution in [0.25, 0.3) is 98.1 Å². The third-order valence-corrected chi connectivity index (χ3v) is 9.62. The van der Waals surface area contributed by atoms with E-state index in [0.29, 0.717) is 0 Å². The molecule has 0 spiro atoms. The predicted molar refractivity (Wildman–Crippen MR) is 192 cm³/mol. The van der Waals surface area contributed by atoms with Crippen molar-refractivity contribution in [1.82, 2.24) is 0 Å². The summed E-state index contributed by atoms with van der Waals surface area (Å²) in [6.07, 6.45) is 0. The zero-order valence-electron chi connectivity index (χ0n) is 24.4. The van der Waals surface area contributed by atoms with Crippen molar-refractivity contribution in [1.29, 1.82) is 0 Å². The summed E-state index contributed by atoms with van der Waals surface area (Å²) in [5.41, 5.74) is 6.67. The molecule has 208 valence electrons. The van der Waals surface area contributed by atoms with Gasteiger partial charge >= 0.3 is 0 Å². The van der Waals surface area contributed by atoms with Crippen LogP contribution < -0.4 is 0 Å². The van der Waals surface area contributed by atoms with E-state index in [1.807, 2.05) is 12.1 Å². The molecule has 9 aromatic carbocycles. The molecule has 45 heavy (non-hydrogen) atoms. The van der Waals surface area contributed by atoms with Gasteiger partial charge in [-0.15, -0.1) is 0 Å². The van der Waals surface area contributed by atoms with Gasteiger partial charge in [0.25, 0.3) is 0 Å². The van der Waals surface area contributed by atoms with Crippen LogP contribution in [-0.2, 0) is 0 Å². The van der Waals surface area contributed by atoms with Gasteiger partial charge in [-0.05, 0) is 106 Å². The molecule has 0 saturated heterocycles. The van der Waals surface area contributed by atoms with Crippen LogP contribution in [0.5, 0.6) is 0 Å². The zero-order chi connectivity index (χ0) is 29.5. The van der Waals surface area contributed by atoms with Crippen LogP contribution in [0.3, 0.4) is 0 Å². The van der Waals surface area contributed by atoms with Crippen molar-refractivity contribution in [3.63, 3.8) is 0 Å². The highest BCUT2D eigenvalue weighted by molar-refractivity contribution is 6.39.